The highest BCUT2D eigenvalue weighted by Crippen LogP contribution is 2.36. The minimum absolute atomic E-state index is 0.204. The van der Waals surface area contributed by atoms with Gasteiger partial charge >= 0.3 is 6.18 Å². The number of nitrogens with one attached hydrogen (secondary N) is 1. The van der Waals surface area contributed by atoms with Crippen LogP contribution in [0.2, 0.25) is 0 Å². The molecular weight excluding hydrogens is 457 g/mol. The topological polar surface area (TPSA) is 50.8 Å². The van der Waals surface area contributed by atoms with Crippen molar-refractivity contribution in [2.75, 3.05) is 32.7 Å². The van der Waals surface area contributed by atoms with Gasteiger partial charge in [-0.25, -0.2) is 0 Å². The van der Waals surface area contributed by atoms with Crippen LogP contribution < -0.4 is 19.7 Å². The van der Waals surface area contributed by atoms with E-state index in [-0.39, 0.29) is 5.91 Å². The van der Waals surface area contributed by atoms with Gasteiger partial charge in [-0.2, -0.15) is 13.2 Å². The predicted molar refractivity (Wildman–Crippen MR) is 130 cm³/mol. The third-order valence-corrected chi connectivity index (χ3v) is 5.74. The molecule has 0 bridgehead atoms. The molecule has 0 saturated heterocycles. The monoisotopic (exact) mass is 486 g/mol. The Balaban J connectivity index is 1.94. The number of benzene rings is 3. The number of anilines is 1. The normalized spacial score (nSPS) is 12.1. The minimum atomic E-state index is -4.39. The van der Waals surface area contributed by atoms with Crippen LogP contribution in [0.25, 0.3) is 0 Å². The summed E-state index contributed by atoms with van der Waals surface area (Å²) in [5.41, 5.74) is 1.44. The van der Waals surface area contributed by atoms with Gasteiger partial charge in [0.15, 0.2) is 11.5 Å². The largest absolute Gasteiger partial charge is 0.493 e. The molecule has 3 aromatic rings. The van der Waals surface area contributed by atoms with E-state index >= 15 is 0 Å². The number of aryl methyl sites for hydroxylation is 1. The van der Waals surface area contributed by atoms with E-state index in [0.717, 1.165) is 17.3 Å². The Kier molecular flexibility index (Phi) is 8.63. The number of hydrogen-bond donors (Lipinski definition) is 1. The molecule has 1 atom stereocenters. The summed E-state index contributed by atoms with van der Waals surface area (Å²) in [7, 11) is 4.66. The Morgan fingerprint density at radius 2 is 1.66 bits per heavy atom. The van der Waals surface area contributed by atoms with Gasteiger partial charge in [-0.1, -0.05) is 48.5 Å². The fourth-order valence-corrected chi connectivity index (χ4v) is 4.01. The summed E-state index contributed by atoms with van der Waals surface area (Å²) in [5.74, 6) is 0.859. The fraction of sp³-hybridized carbons (Fsp3) is 0.296. The molecule has 35 heavy (non-hydrogen) atoms. The highest BCUT2D eigenvalue weighted by molar-refractivity contribution is 5.86. The maximum absolute atomic E-state index is 13.1. The zero-order valence-corrected chi connectivity index (χ0v) is 19.9. The molecule has 0 radical (unpaired) electrons. The molecule has 0 saturated carbocycles. The molecule has 0 aliphatic heterocycles. The zero-order chi connectivity index (χ0) is 25.4. The number of carbonyl (C=O) groups excluding carboxylic acids is 1. The van der Waals surface area contributed by atoms with Crippen molar-refractivity contribution in [1.29, 1.82) is 0 Å². The number of rotatable bonds is 10. The van der Waals surface area contributed by atoms with E-state index < -0.39 is 17.8 Å². The molecule has 0 aromatic heterocycles. The first-order valence-corrected chi connectivity index (χ1v) is 11.2. The molecule has 0 aliphatic rings. The number of alkyl halides is 3. The second-order valence-electron chi connectivity index (χ2n) is 7.96. The lowest BCUT2D eigenvalue weighted by molar-refractivity contribution is -0.137. The molecule has 8 heteroatoms. The fourth-order valence-electron chi connectivity index (χ4n) is 4.01. The minimum Gasteiger partial charge on any atom is -0.493 e. The first-order valence-electron chi connectivity index (χ1n) is 11.2. The number of halogens is 3. The van der Waals surface area contributed by atoms with Crippen LogP contribution in [0.4, 0.5) is 18.9 Å². The first kappa shape index (κ1) is 25.9. The number of ether oxygens (including phenoxy) is 2. The molecule has 3 rings (SSSR count). The molecule has 0 spiro atoms. The van der Waals surface area contributed by atoms with Gasteiger partial charge in [0.2, 0.25) is 5.91 Å². The standard InChI is InChI=1S/C27H29F3N2O3/c1-31-26(33)25(20-11-5-4-6-12-20)32(22-14-15-23(34-2)24(18-22)35-3)16-8-10-19-9-7-13-21(17-19)27(28,29)30/h4-7,9,11-15,17-18,25H,8,10,16H2,1-3H3,(H,31,33). The van der Waals surface area contributed by atoms with E-state index in [1.807, 2.05) is 41.3 Å². The van der Waals surface area contributed by atoms with Crippen molar-refractivity contribution in [1.82, 2.24) is 5.32 Å². The van der Waals surface area contributed by atoms with Crippen LogP contribution in [-0.2, 0) is 17.4 Å². The number of nitrogens with zero attached hydrogens (tertiary/aromatic N) is 1. The number of likely N-dealkylation sites (N-methyl/N-ethyl adjacent to an activating group) is 1. The van der Waals surface area contributed by atoms with Gasteiger partial charge in [0.05, 0.1) is 19.8 Å². The Bertz CT molecular complexity index is 1120. The Labute approximate surface area is 203 Å². The molecule has 1 amide bonds. The maximum atomic E-state index is 13.1. The second kappa shape index (κ2) is 11.6. The van der Waals surface area contributed by atoms with Gasteiger partial charge in [0.25, 0.3) is 0 Å². The predicted octanol–water partition coefficient (Wildman–Crippen LogP) is 5.65. The highest BCUT2D eigenvalue weighted by Gasteiger charge is 2.31. The molecule has 0 aliphatic carbocycles. The van der Waals surface area contributed by atoms with Crippen molar-refractivity contribution >= 4 is 11.6 Å². The van der Waals surface area contributed by atoms with Gasteiger partial charge in [0, 0.05) is 25.3 Å². The summed E-state index contributed by atoms with van der Waals surface area (Å²) in [6.07, 6.45) is -3.45. The van der Waals surface area contributed by atoms with Crippen molar-refractivity contribution in [3.8, 4) is 11.5 Å². The average Bonchev–Trinajstić information content (AvgIpc) is 2.87. The average molecular weight is 487 g/mol. The Morgan fingerprint density at radius 3 is 2.29 bits per heavy atom. The number of hydrogen-bond acceptors (Lipinski definition) is 4. The number of amides is 1. The van der Waals surface area contributed by atoms with Gasteiger partial charge in [-0.15, -0.1) is 0 Å². The van der Waals surface area contributed by atoms with Gasteiger partial charge in [-0.05, 0) is 42.2 Å². The molecular formula is C27H29F3N2O3. The zero-order valence-electron chi connectivity index (χ0n) is 19.9. The lowest BCUT2D eigenvalue weighted by Gasteiger charge is -2.33. The molecule has 1 unspecified atom stereocenters. The van der Waals surface area contributed by atoms with Crippen molar-refractivity contribution in [3.05, 3.63) is 89.5 Å². The van der Waals surface area contributed by atoms with Crippen molar-refractivity contribution < 1.29 is 27.4 Å². The molecule has 0 heterocycles. The second-order valence-corrected chi connectivity index (χ2v) is 7.96. The SMILES string of the molecule is CNC(=O)C(c1ccccc1)N(CCCc1cccc(C(F)(F)F)c1)c1ccc(OC)c(OC)c1. The summed E-state index contributed by atoms with van der Waals surface area (Å²) in [5, 5.41) is 2.74. The van der Waals surface area contributed by atoms with Crippen LogP contribution in [0.15, 0.2) is 72.8 Å². The van der Waals surface area contributed by atoms with Crippen molar-refractivity contribution in [2.45, 2.75) is 25.1 Å². The quantitative estimate of drug-likeness (QED) is 0.403. The van der Waals surface area contributed by atoms with E-state index in [4.69, 9.17) is 9.47 Å². The van der Waals surface area contributed by atoms with Crippen molar-refractivity contribution in [2.24, 2.45) is 0 Å². The number of methoxy groups -OCH3 is 2. The molecule has 3 aromatic carbocycles. The van der Waals surface area contributed by atoms with Crippen LogP contribution in [0.1, 0.15) is 29.2 Å². The van der Waals surface area contributed by atoms with E-state index in [0.29, 0.717) is 36.4 Å². The van der Waals surface area contributed by atoms with Crippen molar-refractivity contribution in [3.63, 3.8) is 0 Å². The van der Waals surface area contributed by atoms with Crippen LogP contribution in [-0.4, -0.2) is 33.7 Å². The van der Waals surface area contributed by atoms with E-state index in [9.17, 15) is 18.0 Å². The van der Waals surface area contributed by atoms with Gasteiger partial charge in [-0.3, -0.25) is 4.79 Å². The molecule has 1 N–H and O–H groups in total. The number of carbonyl (C=O) groups is 1. The molecule has 0 fully saturated rings. The van der Waals surface area contributed by atoms with Crippen LogP contribution >= 0.6 is 0 Å². The first-order chi connectivity index (χ1) is 16.8. The highest BCUT2D eigenvalue weighted by atomic mass is 19.4. The third kappa shape index (κ3) is 6.47. The third-order valence-electron chi connectivity index (χ3n) is 5.74. The Hall–Kier alpha value is -3.68. The van der Waals surface area contributed by atoms with E-state index in [2.05, 4.69) is 5.32 Å². The maximum Gasteiger partial charge on any atom is 0.416 e. The van der Waals surface area contributed by atoms with Crippen LogP contribution in [0, 0.1) is 0 Å². The summed E-state index contributed by atoms with van der Waals surface area (Å²) >= 11 is 0. The molecule has 5 nitrogen and oxygen atoms in total. The van der Waals surface area contributed by atoms with E-state index in [1.165, 1.54) is 19.2 Å². The summed E-state index contributed by atoms with van der Waals surface area (Å²) in [6.45, 7) is 0.415. The smallest absolute Gasteiger partial charge is 0.416 e. The molecule has 186 valence electrons. The summed E-state index contributed by atoms with van der Waals surface area (Å²) < 4.78 is 50.2. The Morgan fingerprint density at radius 1 is 0.943 bits per heavy atom. The lowest BCUT2D eigenvalue weighted by Crippen LogP contribution is -2.40. The van der Waals surface area contributed by atoms with Gasteiger partial charge in [0.1, 0.15) is 6.04 Å². The summed E-state index contributed by atoms with van der Waals surface area (Å²) in [6, 6.07) is 19.4. The van der Waals surface area contributed by atoms with Crippen LogP contribution in [0.3, 0.4) is 0 Å². The lowest BCUT2D eigenvalue weighted by atomic mass is 10.0. The summed E-state index contributed by atoms with van der Waals surface area (Å²) in [4.78, 5) is 15.0. The van der Waals surface area contributed by atoms with Crippen LogP contribution in [0.5, 0.6) is 11.5 Å². The van der Waals surface area contributed by atoms with E-state index in [1.54, 1.807) is 32.4 Å². The van der Waals surface area contributed by atoms with Gasteiger partial charge < -0.3 is 19.7 Å².